The van der Waals surface area contributed by atoms with Crippen molar-refractivity contribution in [2.24, 2.45) is 10.4 Å². The first-order chi connectivity index (χ1) is 7.94. The number of methoxy groups -OCH3 is 1. The third-order valence-corrected chi connectivity index (χ3v) is 1.74. The fraction of sp³-hybridized carbons (Fsp3) is 0.769. The van der Waals surface area contributed by atoms with E-state index >= 15 is 0 Å². The Morgan fingerprint density at radius 3 is 1.89 bits per heavy atom. The van der Waals surface area contributed by atoms with E-state index in [0.717, 1.165) is 0 Å². The molecule has 18 heavy (non-hydrogen) atoms. The highest BCUT2D eigenvalue weighted by molar-refractivity contribution is 6.38. The smallest absolute Gasteiger partial charge is 0.434 e. The summed E-state index contributed by atoms with van der Waals surface area (Å²) in [5, 5.41) is 0. The topological polar surface area (TPSA) is 65.0 Å². The van der Waals surface area contributed by atoms with Gasteiger partial charge in [0.1, 0.15) is 11.3 Å². The molecular formula is C13H23NO4. The van der Waals surface area contributed by atoms with Crippen molar-refractivity contribution in [1.82, 2.24) is 0 Å². The third-order valence-electron chi connectivity index (χ3n) is 1.74. The van der Waals surface area contributed by atoms with Gasteiger partial charge in [-0.15, -0.1) is 0 Å². The molecule has 0 aromatic rings. The fourth-order valence-corrected chi connectivity index (χ4v) is 1.17. The quantitative estimate of drug-likeness (QED) is 0.563. The van der Waals surface area contributed by atoms with Crippen molar-refractivity contribution in [2.75, 3.05) is 7.11 Å². The molecule has 5 nitrogen and oxygen atoms in total. The van der Waals surface area contributed by atoms with E-state index in [4.69, 9.17) is 4.74 Å². The maximum Gasteiger partial charge on any atom is 0.434 e. The Morgan fingerprint density at radius 2 is 1.56 bits per heavy atom. The second-order valence-electron chi connectivity index (χ2n) is 6.27. The standard InChI is InChI=1S/C13H23NO4/c1-12(2,3)8-9(10(15)17-7)14-11(16)18-13(4,5)6/h8H2,1-7H3. The van der Waals surface area contributed by atoms with Crippen LogP contribution in [-0.4, -0.2) is 30.5 Å². The van der Waals surface area contributed by atoms with Crippen molar-refractivity contribution >= 4 is 17.8 Å². The molecule has 1 amide bonds. The molecule has 0 heterocycles. The highest BCUT2D eigenvalue weighted by Gasteiger charge is 2.23. The number of carbonyl (C=O) groups excluding carboxylic acids is 2. The van der Waals surface area contributed by atoms with Crippen LogP contribution in [0.25, 0.3) is 0 Å². The van der Waals surface area contributed by atoms with Crippen LogP contribution in [0.4, 0.5) is 4.79 Å². The van der Waals surface area contributed by atoms with Crippen molar-refractivity contribution < 1.29 is 19.1 Å². The van der Waals surface area contributed by atoms with Crippen LogP contribution in [0.15, 0.2) is 4.99 Å². The van der Waals surface area contributed by atoms with Gasteiger partial charge in [0, 0.05) is 6.42 Å². The van der Waals surface area contributed by atoms with Gasteiger partial charge in [0.15, 0.2) is 0 Å². The molecule has 104 valence electrons. The largest absolute Gasteiger partial charge is 0.465 e. The molecule has 0 aliphatic heterocycles. The van der Waals surface area contributed by atoms with Crippen molar-refractivity contribution in [3.63, 3.8) is 0 Å². The number of aliphatic imine (C=N–C) groups is 1. The van der Waals surface area contributed by atoms with Crippen LogP contribution in [0.3, 0.4) is 0 Å². The minimum Gasteiger partial charge on any atom is -0.465 e. The first-order valence-electron chi connectivity index (χ1n) is 5.83. The van der Waals surface area contributed by atoms with E-state index in [0.29, 0.717) is 6.42 Å². The first-order valence-corrected chi connectivity index (χ1v) is 5.83. The van der Waals surface area contributed by atoms with E-state index in [-0.39, 0.29) is 11.1 Å². The predicted octanol–water partition coefficient (Wildman–Crippen LogP) is 2.97. The highest BCUT2D eigenvalue weighted by atomic mass is 16.6. The van der Waals surface area contributed by atoms with Crippen molar-refractivity contribution in [3.8, 4) is 0 Å². The molecule has 0 saturated heterocycles. The first kappa shape index (κ1) is 16.6. The number of amides is 1. The Labute approximate surface area is 109 Å². The number of rotatable bonds is 2. The van der Waals surface area contributed by atoms with Crippen LogP contribution >= 0.6 is 0 Å². The summed E-state index contributed by atoms with van der Waals surface area (Å²) in [6.07, 6.45) is -0.425. The second kappa shape index (κ2) is 5.98. The van der Waals surface area contributed by atoms with Gasteiger partial charge in [0.2, 0.25) is 0 Å². The Morgan fingerprint density at radius 1 is 1.06 bits per heavy atom. The Balaban J connectivity index is 4.97. The van der Waals surface area contributed by atoms with Gasteiger partial charge in [0.05, 0.1) is 7.11 Å². The molecule has 0 saturated carbocycles. The molecule has 0 aliphatic carbocycles. The van der Waals surface area contributed by atoms with E-state index in [1.165, 1.54) is 7.11 Å². The minimum atomic E-state index is -0.771. The zero-order valence-electron chi connectivity index (χ0n) is 12.3. The van der Waals surface area contributed by atoms with E-state index in [1.807, 2.05) is 20.8 Å². The number of hydrogen-bond donors (Lipinski definition) is 0. The molecular weight excluding hydrogens is 234 g/mol. The minimum absolute atomic E-state index is 0.0826. The molecule has 0 aliphatic rings. The predicted molar refractivity (Wildman–Crippen MR) is 69.8 cm³/mol. The van der Waals surface area contributed by atoms with Crippen molar-refractivity contribution in [3.05, 3.63) is 0 Å². The maximum atomic E-state index is 11.6. The van der Waals surface area contributed by atoms with Gasteiger partial charge in [-0.2, -0.15) is 4.99 Å². The van der Waals surface area contributed by atoms with Crippen LogP contribution in [0.2, 0.25) is 0 Å². The molecule has 0 unspecified atom stereocenters. The lowest BCUT2D eigenvalue weighted by molar-refractivity contribution is -0.133. The summed E-state index contributed by atoms with van der Waals surface area (Å²) in [4.78, 5) is 26.8. The van der Waals surface area contributed by atoms with Crippen LogP contribution < -0.4 is 0 Å². The Bertz CT molecular complexity index is 345. The maximum absolute atomic E-state index is 11.6. The summed E-state index contributed by atoms with van der Waals surface area (Å²) < 4.78 is 9.65. The summed E-state index contributed by atoms with van der Waals surface area (Å²) in [7, 11) is 1.26. The zero-order chi connectivity index (χ0) is 14.6. The van der Waals surface area contributed by atoms with Gasteiger partial charge in [0.25, 0.3) is 0 Å². The van der Waals surface area contributed by atoms with Crippen molar-refractivity contribution in [1.29, 1.82) is 0 Å². The van der Waals surface area contributed by atoms with Crippen LogP contribution in [0, 0.1) is 5.41 Å². The van der Waals surface area contributed by atoms with Gasteiger partial charge in [-0.1, -0.05) is 20.8 Å². The summed E-state index contributed by atoms with van der Waals surface area (Å²) in [5.74, 6) is -0.601. The van der Waals surface area contributed by atoms with Crippen molar-refractivity contribution in [2.45, 2.75) is 53.6 Å². The van der Waals surface area contributed by atoms with E-state index in [2.05, 4.69) is 9.73 Å². The second-order valence-corrected chi connectivity index (χ2v) is 6.27. The normalized spacial score (nSPS) is 13.2. The number of ether oxygens (including phenoxy) is 2. The number of hydrogen-bond acceptors (Lipinski definition) is 4. The van der Waals surface area contributed by atoms with Gasteiger partial charge >= 0.3 is 12.1 Å². The lowest BCUT2D eigenvalue weighted by Gasteiger charge is -2.20. The summed E-state index contributed by atoms with van der Waals surface area (Å²) >= 11 is 0. The molecule has 0 bridgehead atoms. The number of esters is 1. The fourth-order valence-electron chi connectivity index (χ4n) is 1.17. The van der Waals surface area contributed by atoms with E-state index in [9.17, 15) is 9.59 Å². The molecule has 0 rings (SSSR count). The molecule has 0 spiro atoms. The van der Waals surface area contributed by atoms with E-state index < -0.39 is 17.7 Å². The van der Waals surface area contributed by atoms with Gasteiger partial charge in [-0.3, -0.25) is 0 Å². The summed E-state index contributed by atoms with van der Waals surface area (Å²) in [6, 6.07) is 0. The van der Waals surface area contributed by atoms with Crippen LogP contribution in [0.1, 0.15) is 48.0 Å². The van der Waals surface area contributed by atoms with Gasteiger partial charge < -0.3 is 9.47 Å². The van der Waals surface area contributed by atoms with Gasteiger partial charge in [-0.05, 0) is 26.2 Å². The molecule has 0 atom stereocenters. The Kier molecular flexibility index (Phi) is 5.52. The lowest BCUT2D eigenvalue weighted by atomic mass is 9.89. The average molecular weight is 257 g/mol. The van der Waals surface area contributed by atoms with Crippen LogP contribution in [-0.2, 0) is 14.3 Å². The molecule has 0 N–H and O–H groups in total. The number of nitrogens with zero attached hydrogens (tertiary/aromatic N) is 1. The average Bonchev–Trinajstić information content (AvgIpc) is 2.10. The molecule has 5 heteroatoms. The van der Waals surface area contributed by atoms with E-state index in [1.54, 1.807) is 20.8 Å². The SMILES string of the molecule is COC(=O)C(CC(C)(C)C)=NC(=O)OC(C)(C)C. The molecule has 0 fully saturated rings. The molecule has 0 aromatic heterocycles. The molecule has 0 aromatic carbocycles. The lowest BCUT2D eigenvalue weighted by Crippen LogP contribution is -2.26. The van der Waals surface area contributed by atoms with Crippen LogP contribution in [0.5, 0.6) is 0 Å². The zero-order valence-corrected chi connectivity index (χ0v) is 12.3. The monoisotopic (exact) mass is 257 g/mol. The summed E-state index contributed by atoms with van der Waals surface area (Å²) in [5.41, 5.74) is -0.724. The third kappa shape index (κ3) is 7.81. The molecule has 0 radical (unpaired) electrons. The Hall–Kier alpha value is -1.39. The summed E-state index contributed by atoms with van der Waals surface area (Å²) in [6.45, 7) is 11.0. The number of carbonyl (C=O) groups is 2. The van der Waals surface area contributed by atoms with Gasteiger partial charge in [-0.25, -0.2) is 9.59 Å². The highest BCUT2D eigenvalue weighted by Crippen LogP contribution is 2.20.